The fourth-order valence-electron chi connectivity index (χ4n) is 1.37. The highest BCUT2D eigenvalue weighted by molar-refractivity contribution is 14.1. The van der Waals surface area contributed by atoms with Gasteiger partial charge in [0.1, 0.15) is 5.82 Å². The maximum Gasteiger partial charge on any atom is 0.163 e. The van der Waals surface area contributed by atoms with Crippen LogP contribution < -0.4 is 5.73 Å². The Balaban J connectivity index is 2.64. The number of hydrogen-bond donors (Lipinski definition) is 1. The van der Waals surface area contributed by atoms with Crippen LogP contribution in [0.4, 0.5) is 5.82 Å². The Morgan fingerprint density at radius 1 is 1.24 bits per heavy atom. The lowest BCUT2D eigenvalue weighted by atomic mass is 10.2. The number of nitrogens with two attached hydrogens (primary N) is 1. The van der Waals surface area contributed by atoms with Crippen molar-refractivity contribution in [2.24, 2.45) is 0 Å². The smallest absolute Gasteiger partial charge is 0.163 e. The van der Waals surface area contributed by atoms with Crippen LogP contribution in [0.25, 0.3) is 11.4 Å². The van der Waals surface area contributed by atoms with Gasteiger partial charge in [-0.25, -0.2) is 9.97 Å². The van der Waals surface area contributed by atoms with E-state index in [4.69, 9.17) is 28.9 Å². The second kappa shape index (κ2) is 4.96. The van der Waals surface area contributed by atoms with Gasteiger partial charge in [0, 0.05) is 10.6 Å². The number of anilines is 1. The topological polar surface area (TPSA) is 51.8 Å². The Kier molecular flexibility index (Phi) is 3.75. The lowest BCUT2D eigenvalue weighted by Gasteiger charge is -2.07. The van der Waals surface area contributed by atoms with E-state index >= 15 is 0 Å². The van der Waals surface area contributed by atoms with Gasteiger partial charge in [0.15, 0.2) is 5.82 Å². The van der Waals surface area contributed by atoms with Crippen molar-refractivity contribution >= 4 is 51.6 Å². The van der Waals surface area contributed by atoms with Crippen molar-refractivity contribution in [2.45, 2.75) is 6.92 Å². The molecule has 2 rings (SSSR count). The molecule has 88 valence electrons. The summed E-state index contributed by atoms with van der Waals surface area (Å²) >= 11 is 14.1. The maximum absolute atomic E-state index is 6.09. The van der Waals surface area contributed by atoms with Crippen molar-refractivity contribution in [2.75, 3.05) is 5.73 Å². The summed E-state index contributed by atoms with van der Waals surface area (Å²) in [6.45, 7) is 1.88. The lowest BCUT2D eigenvalue weighted by molar-refractivity contribution is 1.10. The molecule has 0 aliphatic carbocycles. The predicted molar refractivity (Wildman–Crippen MR) is 79.4 cm³/mol. The SMILES string of the molecule is Cc1nc(-c2cc(Cl)ccc2Cl)nc(N)c1I. The second-order valence-corrected chi connectivity index (χ2v) is 5.38. The van der Waals surface area contributed by atoms with Gasteiger partial charge in [-0.2, -0.15) is 0 Å². The summed E-state index contributed by atoms with van der Waals surface area (Å²) in [4.78, 5) is 8.59. The highest BCUT2D eigenvalue weighted by Crippen LogP contribution is 2.29. The Morgan fingerprint density at radius 2 is 1.94 bits per heavy atom. The van der Waals surface area contributed by atoms with E-state index < -0.39 is 0 Å². The summed E-state index contributed by atoms with van der Waals surface area (Å²) < 4.78 is 0.851. The van der Waals surface area contributed by atoms with Crippen LogP contribution >= 0.6 is 45.8 Å². The number of nitrogens with zero attached hydrogens (tertiary/aromatic N) is 2. The zero-order valence-electron chi connectivity index (χ0n) is 8.84. The predicted octanol–water partition coefficient (Wildman–Crippen LogP) is 3.95. The Labute approximate surface area is 123 Å². The molecule has 0 radical (unpaired) electrons. The summed E-state index contributed by atoms with van der Waals surface area (Å²) in [5, 5.41) is 1.14. The van der Waals surface area contributed by atoms with Crippen molar-refractivity contribution in [3.05, 3.63) is 37.5 Å². The molecule has 0 fully saturated rings. The molecule has 0 saturated heterocycles. The van der Waals surface area contributed by atoms with Crippen LogP contribution in [0.1, 0.15) is 5.69 Å². The van der Waals surface area contributed by atoms with Crippen LogP contribution in [0, 0.1) is 10.5 Å². The summed E-state index contributed by atoms with van der Waals surface area (Å²) in [5.74, 6) is 0.942. The third kappa shape index (κ3) is 2.64. The Morgan fingerprint density at radius 3 is 2.59 bits per heavy atom. The van der Waals surface area contributed by atoms with Crippen molar-refractivity contribution in [1.82, 2.24) is 9.97 Å². The summed E-state index contributed by atoms with van der Waals surface area (Å²) in [5.41, 5.74) is 7.32. The minimum absolute atomic E-state index is 0.448. The molecule has 1 aromatic heterocycles. The molecule has 0 bridgehead atoms. The maximum atomic E-state index is 6.09. The molecule has 2 aromatic rings. The van der Waals surface area contributed by atoms with E-state index in [9.17, 15) is 0 Å². The first-order valence-electron chi connectivity index (χ1n) is 4.74. The molecule has 0 saturated carbocycles. The molecule has 0 atom stereocenters. The lowest BCUT2D eigenvalue weighted by Crippen LogP contribution is -2.02. The van der Waals surface area contributed by atoms with Gasteiger partial charge < -0.3 is 5.73 Å². The second-order valence-electron chi connectivity index (χ2n) is 3.46. The number of benzene rings is 1. The van der Waals surface area contributed by atoms with Gasteiger partial charge in [-0.3, -0.25) is 0 Å². The van der Waals surface area contributed by atoms with Crippen LogP contribution in [0.3, 0.4) is 0 Å². The molecule has 17 heavy (non-hydrogen) atoms. The van der Waals surface area contributed by atoms with Gasteiger partial charge in [-0.1, -0.05) is 23.2 Å². The molecule has 2 N–H and O–H groups in total. The van der Waals surface area contributed by atoms with Gasteiger partial charge in [0.05, 0.1) is 14.3 Å². The number of rotatable bonds is 1. The highest BCUT2D eigenvalue weighted by atomic mass is 127. The van der Waals surface area contributed by atoms with Gasteiger partial charge in [0.2, 0.25) is 0 Å². The van der Waals surface area contributed by atoms with Gasteiger partial charge >= 0.3 is 0 Å². The van der Waals surface area contributed by atoms with Crippen molar-refractivity contribution < 1.29 is 0 Å². The molecule has 0 unspecified atom stereocenters. The van der Waals surface area contributed by atoms with Crippen LogP contribution in [0.2, 0.25) is 10.0 Å². The summed E-state index contributed by atoms with van der Waals surface area (Å²) in [6.07, 6.45) is 0. The molecule has 0 aliphatic rings. The van der Waals surface area contributed by atoms with E-state index in [1.54, 1.807) is 18.2 Å². The van der Waals surface area contributed by atoms with E-state index in [0.29, 0.717) is 27.3 Å². The summed E-state index contributed by atoms with van der Waals surface area (Å²) in [7, 11) is 0. The van der Waals surface area contributed by atoms with E-state index in [0.717, 1.165) is 9.26 Å². The molecule has 3 nitrogen and oxygen atoms in total. The van der Waals surface area contributed by atoms with Crippen LogP contribution in [-0.4, -0.2) is 9.97 Å². The highest BCUT2D eigenvalue weighted by Gasteiger charge is 2.11. The zero-order chi connectivity index (χ0) is 12.6. The van der Waals surface area contributed by atoms with Crippen molar-refractivity contribution in [3.63, 3.8) is 0 Å². The molecular weight excluding hydrogens is 372 g/mol. The van der Waals surface area contributed by atoms with Crippen molar-refractivity contribution in [3.8, 4) is 11.4 Å². The number of nitrogen functional groups attached to an aromatic ring is 1. The molecule has 0 spiro atoms. The average Bonchev–Trinajstić information content (AvgIpc) is 2.28. The first kappa shape index (κ1) is 12.9. The van der Waals surface area contributed by atoms with Crippen LogP contribution in [0.15, 0.2) is 18.2 Å². The Hall–Kier alpha value is -0.590. The number of halogens is 3. The van der Waals surface area contributed by atoms with Gasteiger partial charge in [0.25, 0.3) is 0 Å². The van der Waals surface area contributed by atoms with Gasteiger partial charge in [-0.05, 0) is 47.7 Å². The molecule has 0 aliphatic heterocycles. The van der Waals surface area contributed by atoms with E-state index in [-0.39, 0.29) is 0 Å². The van der Waals surface area contributed by atoms with Crippen LogP contribution in [-0.2, 0) is 0 Å². The number of aryl methyl sites for hydroxylation is 1. The van der Waals surface area contributed by atoms with E-state index in [2.05, 4.69) is 32.6 Å². The Bertz CT molecular complexity index is 564. The number of hydrogen-bond acceptors (Lipinski definition) is 3. The largest absolute Gasteiger partial charge is 0.383 e. The first-order valence-corrected chi connectivity index (χ1v) is 6.57. The molecule has 6 heteroatoms. The molecule has 1 heterocycles. The van der Waals surface area contributed by atoms with Crippen LogP contribution in [0.5, 0.6) is 0 Å². The van der Waals surface area contributed by atoms with E-state index in [1.165, 1.54) is 0 Å². The van der Waals surface area contributed by atoms with Crippen molar-refractivity contribution in [1.29, 1.82) is 0 Å². The first-order chi connectivity index (χ1) is 7.99. The molecular formula is C11H8Cl2IN3. The average molecular weight is 380 g/mol. The molecule has 0 amide bonds. The van der Waals surface area contributed by atoms with Gasteiger partial charge in [-0.15, -0.1) is 0 Å². The van der Waals surface area contributed by atoms with E-state index in [1.807, 2.05) is 6.92 Å². The monoisotopic (exact) mass is 379 g/mol. The minimum Gasteiger partial charge on any atom is -0.383 e. The third-order valence-corrected chi connectivity index (χ3v) is 4.11. The quantitative estimate of drug-likeness (QED) is 0.763. The number of aromatic nitrogens is 2. The fourth-order valence-corrected chi connectivity index (χ4v) is 1.99. The minimum atomic E-state index is 0.448. The third-order valence-electron chi connectivity index (χ3n) is 2.21. The zero-order valence-corrected chi connectivity index (χ0v) is 12.5. The standard InChI is InChI=1S/C11H8Cl2IN3/c1-5-9(14)10(15)17-11(16-5)7-4-6(12)2-3-8(7)13/h2-4H,1H3,(H2,15,16,17). The molecule has 1 aromatic carbocycles. The summed E-state index contributed by atoms with van der Waals surface area (Å²) in [6, 6.07) is 5.16. The normalized spacial score (nSPS) is 10.6. The fraction of sp³-hybridized carbons (Fsp3) is 0.0909.